The van der Waals surface area contributed by atoms with E-state index in [4.69, 9.17) is 16.3 Å². The van der Waals surface area contributed by atoms with Crippen LogP contribution in [0.15, 0.2) is 24.4 Å². The summed E-state index contributed by atoms with van der Waals surface area (Å²) in [5.41, 5.74) is -0.102. The minimum Gasteiger partial charge on any atom is -0.487 e. The zero-order valence-corrected chi connectivity index (χ0v) is 19.4. The van der Waals surface area contributed by atoms with Crippen LogP contribution in [-0.2, 0) is 4.79 Å². The molecule has 1 fully saturated rings. The molecule has 5 rings (SSSR count). The van der Waals surface area contributed by atoms with Gasteiger partial charge in [-0.25, -0.2) is 14.2 Å². The molecule has 1 saturated heterocycles. The van der Waals surface area contributed by atoms with Crippen LogP contribution >= 0.6 is 22.9 Å². The average Bonchev–Trinajstić information content (AvgIpc) is 3.44. The molecule has 0 amide bonds. The number of fused-ring (bicyclic) bond motifs is 1. The van der Waals surface area contributed by atoms with Crippen molar-refractivity contribution in [2.45, 2.75) is 50.4 Å². The van der Waals surface area contributed by atoms with E-state index in [2.05, 4.69) is 25.3 Å². The summed E-state index contributed by atoms with van der Waals surface area (Å²) in [5, 5.41) is 22.6. The standard InChI is InChI=1S/C21H22ClFN6O3S/c1-2-14(19(30)31)29-26-18(25-27-29)16-11-24-20(33-16)28-8-6-21(7-9-28)10-13(23)17-12(22)4-3-5-15(17)32-21/h3-5,11,13-14H,2,6-10H2,1H3,(H,30,31). The number of benzene rings is 1. The zero-order chi connectivity index (χ0) is 23.2. The Hall–Kier alpha value is -2.79. The van der Waals surface area contributed by atoms with E-state index in [0.29, 0.717) is 59.4 Å². The topological polar surface area (TPSA) is 106 Å². The van der Waals surface area contributed by atoms with Gasteiger partial charge in [0.1, 0.15) is 17.5 Å². The van der Waals surface area contributed by atoms with Crippen LogP contribution in [0.3, 0.4) is 0 Å². The number of nitrogens with zero attached hydrogens (tertiary/aromatic N) is 6. The maximum absolute atomic E-state index is 15.0. The molecule has 2 aromatic heterocycles. The molecule has 1 spiro atoms. The fourth-order valence-electron chi connectivity index (χ4n) is 4.43. The third-order valence-corrected chi connectivity index (χ3v) is 7.63. The fraction of sp³-hybridized carbons (Fsp3) is 0.476. The zero-order valence-electron chi connectivity index (χ0n) is 17.8. The fourth-order valence-corrected chi connectivity index (χ4v) is 5.61. The molecule has 0 bridgehead atoms. The largest absolute Gasteiger partial charge is 0.487 e. The van der Waals surface area contributed by atoms with Crippen LogP contribution in [0.2, 0.25) is 5.02 Å². The molecule has 0 aliphatic carbocycles. The third kappa shape index (κ3) is 4.04. The summed E-state index contributed by atoms with van der Waals surface area (Å²) in [5.74, 6) is -0.123. The number of carboxylic acid groups (broad SMARTS) is 1. The number of carboxylic acids is 1. The first-order chi connectivity index (χ1) is 15.9. The molecule has 33 heavy (non-hydrogen) atoms. The van der Waals surface area contributed by atoms with E-state index >= 15 is 0 Å². The molecule has 1 aromatic carbocycles. The van der Waals surface area contributed by atoms with Gasteiger partial charge in [0.05, 0.1) is 16.1 Å². The molecule has 12 heteroatoms. The van der Waals surface area contributed by atoms with Gasteiger partial charge in [-0.15, -0.1) is 15.0 Å². The second kappa shape index (κ2) is 8.53. The number of aromatic nitrogens is 5. The van der Waals surface area contributed by atoms with Gasteiger partial charge in [0.2, 0.25) is 5.82 Å². The highest BCUT2D eigenvalue weighted by atomic mass is 35.5. The van der Waals surface area contributed by atoms with Crippen LogP contribution in [0.1, 0.15) is 50.4 Å². The van der Waals surface area contributed by atoms with Gasteiger partial charge in [-0.3, -0.25) is 0 Å². The lowest BCUT2D eigenvalue weighted by Gasteiger charge is -2.45. The number of hydrogen-bond acceptors (Lipinski definition) is 8. The Balaban J connectivity index is 1.28. The molecule has 4 heterocycles. The van der Waals surface area contributed by atoms with Crippen molar-refractivity contribution in [3.05, 3.63) is 35.0 Å². The maximum atomic E-state index is 15.0. The molecule has 0 saturated carbocycles. The van der Waals surface area contributed by atoms with E-state index in [1.807, 2.05) is 0 Å². The number of hydrogen-bond donors (Lipinski definition) is 1. The second-order valence-electron chi connectivity index (χ2n) is 8.30. The molecule has 0 radical (unpaired) electrons. The number of anilines is 1. The summed E-state index contributed by atoms with van der Waals surface area (Å²) in [6.45, 7) is 3.10. The summed E-state index contributed by atoms with van der Waals surface area (Å²) in [6, 6.07) is 4.39. The van der Waals surface area contributed by atoms with E-state index in [-0.39, 0.29) is 6.42 Å². The lowest BCUT2D eigenvalue weighted by molar-refractivity contribution is -0.141. The van der Waals surface area contributed by atoms with Crippen LogP contribution in [0, 0.1) is 0 Å². The van der Waals surface area contributed by atoms with E-state index in [9.17, 15) is 14.3 Å². The van der Waals surface area contributed by atoms with Crippen molar-refractivity contribution >= 4 is 34.0 Å². The number of aliphatic carboxylic acids is 1. The van der Waals surface area contributed by atoms with Crippen LogP contribution in [0.25, 0.3) is 10.7 Å². The molecule has 2 aliphatic rings. The van der Waals surface area contributed by atoms with Gasteiger partial charge in [0.25, 0.3) is 0 Å². The van der Waals surface area contributed by atoms with Gasteiger partial charge in [-0.2, -0.15) is 0 Å². The molecule has 1 N–H and O–H groups in total. The molecule has 174 valence electrons. The Bertz CT molecular complexity index is 1180. The van der Waals surface area contributed by atoms with Gasteiger partial charge >= 0.3 is 5.97 Å². The molecule has 2 aliphatic heterocycles. The van der Waals surface area contributed by atoms with Crippen LogP contribution in [-0.4, -0.2) is 55.0 Å². The Labute approximate surface area is 198 Å². The van der Waals surface area contributed by atoms with E-state index in [1.165, 1.54) is 11.3 Å². The van der Waals surface area contributed by atoms with Crippen molar-refractivity contribution in [2.24, 2.45) is 0 Å². The number of halogens is 2. The second-order valence-corrected chi connectivity index (χ2v) is 9.71. The predicted molar refractivity (Wildman–Crippen MR) is 121 cm³/mol. The molecule has 9 nitrogen and oxygen atoms in total. The van der Waals surface area contributed by atoms with Crippen molar-refractivity contribution in [3.8, 4) is 16.5 Å². The first-order valence-corrected chi connectivity index (χ1v) is 11.9. The summed E-state index contributed by atoms with van der Waals surface area (Å²) in [4.78, 5) is 19.8. The lowest BCUT2D eigenvalue weighted by atomic mass is 9.82. The summed E-state index contributed by atoms with van der Waals surface area (Å²) >= 11 is 7.60. The Kier molecular flexibility index (Phi) is 5.69. The summed E-state index contributed by atoms with van der Waals surface area (Å²) < 4.78 is 21.2. The first kappa shape index (κ1) is 22.0. The maximum Gasteiger partial charge on any atom is 0.330 e. The van der Waals surface area contributed by atoms with E-state index in [0.717, 1.165) is 9.93 Å². The van der Waals surface area contributed by atoms with Gasteiger partial charge in [-0.05, 0) is 23.8 Å². The smallest absolute Gasteiger partial charge is 0.330 e. The highest BCUT2D eigenvalue weighted by Gasteiger charge is 2.44. The summed E-state index contributed by atoms with van der Waals surface area (Å²) in [7, 11) is 0. The monoisotopic (exact) mass is 492 g/mol. The van der Waals surface area contributed by atoms with Gasteiger partial charge in [0.15, 0.2) is 11.2 Å². The number of rotatable bonds is 5. The molecule has 2 unspecified atom stereocenters. The Morgan fingerprint density at radius 3 is 2.94 bits per heavy atom. The number of thiazole rings is 1. The van der Waals surface area contributed by atoms with Gasteiger partial charge < -0.3 is 14.7 Å². The van der Waals surface area contributed by atoms with Crippen molar-refractivity contribution in [1.29, 1.82) is 0 Å². The van der Waals surface area contributed by atoms with E-state index in [1.54, 1.807) is 31.3 Å². The number of carbonyl (C=O) groups is 1. The van der Waals surface area contributed by atoms with Crippen LogP contribution in [0.5, 0.6) is 5.75 Å². The van der Waals surface area contributed by atoms with Crippen molar-refractivity contribution in [2.75, 3.05) is 18.0 Å². The first-order valence-electron chi connectivity index (χ1n) is 10.7. The molecule has 2 atom stereocenters. The third-order valence-electron chi connectivity index (χ3n) is 6.24. The van der Waals surface area contributed by atoms with Gasteiger partial charge in [-0.1, -0.05) is 35.9 Å². The number of tetrazole rings is 1. The molecular formula is C21H22ClFN6O3S. The minimum absolute atomic E-state index is 0.288. The van der Waals surface area contributed by atoms with Crippen LogP contribution < -0.4 is 9.64 Å². The normalized spacial score (nSPS) is 20.3. The highest BCUT2D eigenvalue weighted by molar-refractivity contribution is 7.18. The van der Waals surface area contributed by atoms with Crippen molar-refractivity contribution in [3.63, 3.8) is 0 Å². The lowest BCUT2D eigenvalue weighted by Crippen LogP contribution is -2.50. The predicted octanol–water partition coefficient (Wildman–Crippen LogP) is 4.32. The number of alkyl halides is 1. The highest BCUT2D eigenvalue weighted by Crippen LogP contribution is 2.48. The minimum atomic E-state index is -1.15. The van der Waals surface area contributed by atoms with Crippen molar-refractivity contribution in [1.82, 2.24) is 25.2 Å². The quantitative estimate of drug-likeness (QED) is 0.561. The van der Waals surface area contributed by atoms with Crippen LogP contribution in [0.4, 0.5) is 9.52 Å². The number of ether oxygens (including phenoxy) is 1. The summed E-state index contributed by atoms with van der Waals surface area (Å²) in [6.07, 6.45) is 2.49. The SMILES string of the molecule is CCC(C(=O)O)n1nnc(-c2cnc(N3CCC4(CC3)CC(F)c3c(Cl)cccc3O4)s2)n1. The number of piperidine rings is 1. The Morgan fingerprint density at radius 1 is 1.42 bits per heavy atom. The van der Waals surface area contributed by atoms with Crippen molar-refractivity contribution < 1.29 is 19.0 Å². The van der Waals surface area contributed by atoms with Gasteiger partial charge in [0, 0.05) is 37.9 Å². The Morgan fingerprint density at radius 2 is 2.21 bits per heavy atom. The average molecular weight is 493 g/mol. The molecular weight excluding hydrogens is 471 g/mol. The van der Waals surface area contributed by atoms with E-state index < -0.39 is 23.8 Å². The molecule has 3 aromatic rings.